The molecular weight excluding hydrogens is 231 g/mol. The van der Waals surface area contributed by atoms with Crippen LogP contribution >= 0.6 is 22.9 Å². The minimum absolute atomic E-state index is 0.206. The number of rotatable bonds is 0. The van der Waals surface area contributed by atoms with Crippen LogP contribution in [0, 0.1) is 5.82 Å². The Balaban J connectivity index is 2.55. The zero-order valence-electron chi connectivity index (χ0n) is 7.63. The highest BCUT2D eigenvalue weighted by molar-refractivity contribution is 7.25. The summed E-state index contributed by atoms with van der Waals surface area (Å²) in [5, 5.41) is 2.66. The van der Waals surface area contributed by atoms with Crippen molar-refractivity contribution in [2.75, 3.05) is 0 Å². The predicted octanol–water partition coefficient (Wildman–Crippen LogP) is 4.85. The van der Waals surface area contributed by atoms with Crippen molar-refractivity contribution in [1.82, 2.24) is 0 Å². The largest absolute Gasteiger partial charge is 0.207 e. The zero-order valence-corrected chi connectivity index (χ0v) is 9.20. The molecule has 15 heavy (non-hydrogen) atoms. The number of hydrogen-bond donors (Lipinski definition) is 0. The van der Waals surface area contributed by atoms with E-state index in [0.717, 1.165) is 20.2 Å². The average Bonchev–Trinajstić information content (AvgIpc) is 2.56. The molecule has 0 nitrogen and oxygen atoms in total. The lowest BCUT2D eigenvalue weighted by atomic mass is 10.1. The lowest BCUT2D eigenvalue weighted by molar-refractivity contribution is 0.630. The van der Waals surface area contributed by atoms with Crippen LogP contribution in [-0.4, -0.2) is 0 Å². The summed E-state index contributed by atoms with van der Waals surface area (Å²) < 4.78 is 15.3. The van der Waals surface area contributed by atoms with E-state index in [1.54, 1.807) is 17.4 Å². The Morgan fingerprint density at radius 3 is 2.40 bits per heavy atom. The smallest absolute Gasteiger partial charge is 0.123 e. The second-order valence-corrected chi connectivity index (χ2v) is 4.90. The van der Waals surface area contributed by atoms with Crippen molar-refractivity contribution in [3.05, 3.63) is 47.2 Å². The van der Waals surface area contributed by atoms with E-state index in [-0.39, 0.29) is 5.82 Å². The van der Waals surface area contributed by atoms with E-state index >= 15 is 0 Å². The molecule has 0 saturated carbocycles. The molecule has 0 saturated heterocycles. The average molecular weight is 237 g/mol. The quantitative estimate of drug-likeness (QED) is 0.524. The molecule has 0 atom stereocenters. The van der Waals surface area contributed by atoms with Gasteiger partial charge in [-0.15, -0.1) is 11.3 Å². The van der Waals surface area contributed by atoms with Gasteiger partial charge in [-0.05, 0) is 36.4 Å². The van der Waals surface area contributed by atoms with E-state index in [1.807, 2.05) is 24.3 Å². The topological polar surface area (TPSA) is 0 Å². The van der Waals surface area contributed by atoms with Crippen LogP contribution in [-0.2, 0) is 0 Å². The second-order valence-electron chi connectivity index (χ2n) is 3.38. The Hall–Kier alpha value is -1.12. The Bertz CT molecular complexity index is 601. The number of hydrogen-bond acceptors (Lipinski definition) is 1. The molecule has 3 heteroatoms. The molecule has 2 aromatic carbocycles. The highest BCUT2D eigenvalue weighted by atomic mass is 35.5. The summed E-state index contributed by atoms with van der Waals surface area (Å²) in [6, 6.07) is 10.6. The van der Waals surface area contributed by atoms with Crippen LogP contribution in [0.2, 0.25) is 5.02 Å². The molecule has 0 radical (unpaired) electrons. The third-order valence-electron chi connectivity index (χ3n) is 2.39. The van der Waals surface area contributed by atoms with Gasteiger partial charge in [0.1, 0.15) is 5.82 Å². The fourth-order valence-corrected chi connectivity index (χ4v) is 2.96. The van der Waals surface area contributed by atoms with Crippen molar-refractivity contribution in [3.8, 4) is 0 Å². The van der Waals surface area contributed by atoms with Gasteiger partial charge < -0.3 is 0 Å². The van der Waals surface area contributed by atoms with Crippen LogP contribution in [0.25, 0.3) is 20.2 Å². The van der Waals surface area contributed by atoms with E-state index in [4.69, 9.17) is 11.6 Å². The minimum atomic E-state index is -0.206. The number of benzene rings is 2. The van der Waals surface area contributed by atoms with Crippen LogP contribution in [0.5, 0.6) is 0 Å². The van der Waals surface area contributed by atoms with Gasteiger partial charge >= 0.3 is 0 Å². The van der Waals surface area contributed by atoms with E-state index in [9.17, 15) is 4.39 Å². The summed E-state index contributed by atoms with van der Waals surface area (Å²) in [5.74, 6) is -0.206. The fourth-order valence-electron chi connectivity index (χ4n) is 1.72. The minimum Gasteiger partial charge on any atom is -0.207 e. The van der Waals surface area contributed by atoms with Gasteiger partial charge in [0, 0.05) is 25.2 Å². The van der Waals surface area contributed by atoms with Crippen molar-refractivity contribution in [2.24, 2.45) is 0 Å². The van der Waals surface area contributed by atoms with Crippen LogP contribution in [0.4, 0.5) is 4.39 Å². The Morgan fingerprint density at radius 2 is 1.60 bits per heavy atom. The molecule has 0 amide bonds. The summed E-state index contributed by atoms with van der Waals surface area (Å²) in [7, 11) is 0. The lowest BCUT2D eigenvalue weighted by Gasteiger charge is -1.92. The number of thiophene rings is 1. The maximum Gasteiger partial charge on any atom is 0.123 e. The van der Waals surface area contributed by atoms with Gasteiger partial charge in [0.15, 0.2) is 0 Å². The first-order valence-electron chi connectivity index (χ1n) is 4.51. The zero-order chi connectivity index (χ0) is 10.4. The molecule has 0 N–H and O–H groups in total. The normalized spacial score (nSPS) is 11.3. The van der Waals surface area contributed by atoms with Gasteiger partial charge in [-0.1, -0.05) is 11.6 Å². The first-order valence-corrected chi connectivity index (χ1v) is 5.71. The molecule has 0 unspecified atom stereocenters. The van der Waals surface area contributed by atoms with Gasteiger partial charge in [0.2, 0.25) is 0 Å². The van der Waals surface area contributed by atoms with Gasteiger partial charge in [-0.25, -0.2) is 4.39 Å². The molecular formula is C12H6ClFS. The first kappa shape index (κ1) is 9.13. The molecule has 0 aliphatic rings. The van der Waals surface area contributed by atoms with Crippen molar-refractivity contribution < 1.29 is 4.39 Å². The van der Waals surface area contributed by atoms with Crippen LogP contribution < -0.4 is 0 Å². The van der Waals surface area contributed by atoms with Gasteiger partial charge in [0.25, 0.3) is 0 Å². The van der Waals surface area contributed by atoms with Crippen molar-refractivity contribution in [3.63, 3.8) is 0 Å². The fraction of sp³-hybridized carbons (Fsp3) is 0. The Kier molecular flexibility index (Phi) is 1.94. The Morgan fingerprint density at radius 1 is 0.933 bits per heavy atom. The van der Waals surface area contributed by atoms with Gasteiger partial charge in [0.05, 0.1) is 0 Å². The van der Waals surface area contributed by atoms with Crippen LogP contribution in [0.15, 0.2) is 36.4 Å². The first-order chi connectivity index (χ1) is 7.24. The number of halogens is 2. The van der Waals surface area contributed by atoms with E-state index in [1.165, 1.54) is 6.07 Å². The molecule has 3 aromatic rings. The van der Waals surface area contributed by atoms with Crippen molar-refractivity contribution >= 4 is 43.1 Å². The molecule has 1 heterocycles. The summed E-state index contributed by atoms with van der Waals surface area (Å²) in [4.78, 5) is 0. The van der Waals surface area contributed by atoms with Gasteiger partial charge in [-0.3, -0.25) is 0 Å². The lowest BCUT2D eigenvalue weighted by Crippen LogP contribution is -1.71. The molecule has 0 spiro atoms. The maximum atomic E-state index is 13.1. The van der Waals surface area contributed by atoms with Crippen LogP contribution in [0.1, 0.15) is 0 Å². The third-order valence-corrected chi connectivity index (χ3v) is 3.78. The summed E-state index contributed by atoms with van der Waals surface area (Å²) in [6.07, 6.45) is 0. The summed E-state index contributed by atoms with van der Waals surface area (Å²) >= 11 is 7.58. The van der Waals surface area contributed by atoms with E-state index in [0.29, 0.717) is 5.02 Å². The van der Waals surface area contributed by atoms with Crippen molar-refractivity contribution in [1.29, 1.82) is 0 Å². The predicted molar refractivity (Wildman–Crippen MR) is 64.3 cm³/mol. The highest BCUT2D eigenvalue weighted by Gasteiger charge is 2.05. The molecule has 74 valence electrons. The Labute approximate surface area is 94.9 Å². The summed E-state index contributed by atoms with van der Waals surface area (Å²) in [5.41, 5.74) is 0. The molecule has 3 rings (SSSR count). The number of fused-ring (bicyclic) bond motifs is 3. The van der Waals surface area contributed by atoms with Crippen LogP contribution in [0.3, 0.4) is 0 Å². The standard InChI is InChI=1S/C12H6ClFS/c13-7-1-3-11-9(5-7)10-6-8(14)2-4-12(10)15-11/h1-6H. The monoisotopic (exact) mass is 236 g/mol. The van der Waals surface area contributed by atoms with Crippen molar-refractivity contribution in [2.45, 2.75) is 0 Å². The van der Waals surface area contributed by atoms with E-state index < -0.39 is 0 Å². The van der Waals surface area contributed by atoms with E-state index in [2.05, 4.69) is 0 Å². The molecule has 0 bridgehead atoms. The molecule has 1 aromatic heterocycles. The third kappa shape index (κ3) is 1.41. The van der Waals surface area contributed by atoms with Gasteiger partial charge in [-0.2, -0.15) is 0 Å². The molecule has 0 aliphatic carbocycles. The molecule has 0 aliphatic heterocycles. The molecule has 0 fully saturated rings. The SMILES string of the molecule is Fc1ccc2sc3ccc(Cl)cc3c2c1. The maximum absolute atomic E-state index is 13.1. The summed E-state index contributed by atoms with van der Waals surface area (Å²) in [6.45, 7) is 0. The highest BCUT2D eigenvalue weighted by Crippen LogP contribution is 2.35. The second kappa shape index (κ2) is 3.19.